The SMILES string of the molecule is C1CNCCN[C@@H]2CCCC[C@H]2NCCN[C@@H]2CCCCC2NC1. The van der Waals surface area contributed by atoms with Crippen molar-refractivity contribution >= 4 is 0 Å². The summed E-state index contributed by atoms with van der Waals surface area (Å²) in [7, 11) is 0. The highest BCUT2D eigenvalue weighted by Gasteiger charge is 2.25. The van der Waals surface area contributed by atoms with Crippen molar-refractivity contribution in [2.75, 3.05) is 39.3 Å². The molecule has 2 saturated carbocycles. The maximum Gasteiger partial charge on any atom is 0.0221 e. The molecular weight excluding hydrogens is 298 g/mol. The minimum Gasteiger partial charge on any atom is -0.315 e. The van der Waals surface area contributed by atoms with Crippen molar-refractivity contribution in [3.63, 3.8) is 0 Å². The lowest BCUT2D eigenvalue weighted by molar-refractivity contribution is 0.264. The van der Waals surface area contributed by atoms with Gasteiger partial charge >= 0.3 is 0 Å². The second-order valence-electron chi connectivity index (χ2n) is 7.91. The number of hydrogen-bond acceptors (Lipinski definition) is 5. The Labute approximate surface area is 148 Å². The third-order valence-corrected chi connectivity index (χ3v) is 6.12. The van der Waals surface area contributed by atoms with Crippen LogP contribution in [0.2, 0.25) is 0 Å². The zero-order valence-corrected chi connectivity index (χ0v) is 15.4. The van der Waals surface area contributed by atoms with Crippen molar-refractivity contribution in [2.24, 2.45) is 0 Å². The summed E-state index contributed by atoms with van der Waals surface area (Å²) >= 11 is 0. The Morgan fingerprint density at radius 2 is 0.792 bits per heavy atom. The predicted octanol–water partition coefficient (Wildman–Crippen LogP) is 0.961. The highest BCUT2D eigenvalue weighted by atomic mass is 15.1. The fraction of sp³-hybridized carbons (Fsp3) is 1.00. The lowest BCUT2D eigenvalue weighted by Crippen LogP contribution is -2.54. The Bertz CT molecular complexity index is 306. The zero-order valence-electron chi connectivity index (χ0n) is 15.4. The highest BCUT2D eigenvalue weighted by Crippen LogP contribution is 2.19. The van der Waals surface area contributed by atoms with Gasteiger partial charge in [0, 0.05) is 50.3 Å². The van der Waals surface area contributed by atoms with Crippen LogP contribution in [0, 0.1) is 0 Å². The van der Waals surface area contributed by atoms with E-state index in [2.05, 4.69) is 26.6 Å². The first-order valence-electron chi connectivity index (χ1n) is 10.6. The molecule has 3 rings (SSSR count). The molecule has 3 fully saturated rings. The van der Waals surface area contributed by atoms with Gasteiger partial charge in [0.2, 0.25) is 0 Å². The molecule has 4 atom stereocenters. The molecule has 0 spiro atoms. The fourth-order valence-corrected chi connectivity index (χ4v) is 4.73. The molecule has 0 bridgehead atoms. The third kappa shape index (κ3) is 5.95. The van der Waals surface area contributed by atoms with Gasteiger partial charge in [-0.2, -0.15) is 0 Å². The Morgan fingerprint density at radius 1 is 0.375 bits per heavy atom. The van der Waals surface area contributed by atoms with Crippen molar-refractivity contribution in [3.05, 3.63) is 0 Å². The van der Waals surface area contributed by atoms with Crippen LogP contribution in [0.1, 0.15) is 57.8 Å². The fourth-order valence-electron chi connectivity index (χ4n) is 4.73. The highest BCUT2D eigenvalue weighted by molar-refractivity contribution is 4.89. The third-order valence-electron chi connectivity index (χ3n) is 6.12. The molecule has 24 heavy (non-hydrogen) atoms. The van der Waals surface area contributed by atoms with Crippen LogP contribution in [-0.4, -0.2) is 63.4 Å². The van der Waals surface area contributed by atoms with Crippen LogP contribution in [-0.2, 0) is 0 Å². The smallest absolute Gasteiger partial charge is 0.0221 e. The van der Waals surface area contributed by atoms with Crippen LogP contribution in [0.5, 0.6) is 0 Å². The van der Waals surface area contributed by atoms with E-state index in [-0.39, 0.29) is 0 Å². The quantitative estimate of drug-likeness (QED) is 0.456. The standard InChI is InChI=1S/C19H39N5/c1-2-7-17-16(6-1)21-11-5-10-20-12-13-22-18-8-3-4-9-19(18)24-15-14-23-17/h16-24H,1-15H2/t16?,17-,18-,19-/m1/s1. The summed E-state index contributed by atoms with van der Waals surface area (Å²) < 4.78 is 0. The van der Waals surface area contributed by atoms with Crippen LogP contribution >= 0.6 is 0 Å². The number of hydrogen-bond donors (Lipinski definition) is 5. The van der Waals surface area contributed by atoms with E-state index in [9.17, 15) is 0 Å². The molecule has 0 amide bonds. The molecule has 1 unspecified atom stereocenters. The molecule has 0 aromatic rings. The molecule has 0 radical (unpaired) electrons. The molecule has 140 valence electrons. The van der Waals surface area contributed by atoms with Gasteiger partial charge in [0.25, 0.3) is 0 Å². The lowest BCUT2D eigenvalue weighted by atomic mass is 9.89. The van der Waals surface area contributed by atoms with Gasteiger partial charge in [-0.05, 0) is 45.2 Å². The van der Waals surface area contributed by atoms with Gasteiger partial charge in [0.1, 0.15) is 0 Å². The number of nitrogens with one attached hydrogen (secondary N) is 5. The lowest BCUT2D eigenvalue weighted by Gasteiger charge is -2.35. The van der Waals surface area contributed by atoms with Crippen molar-refractivity contribution in [1.82, 2.24) is 26.6 Å². The Hall–Kier alpha value is -0.200. The molecule has 1 heterocycles. The number of fused-ring (bicyclic) bond motifs is 2. The summed E-state index contributed by atoms with van der Waals surface area (Å²) in [5, 5.41) is 18.9. The van der Waals surface area contributed by atoms with Gasteiger partial charge in [-0.25, -0.2) is 0 Å². The van der Waals surface area contributed by atoms with E-state index >= 15 is 0 Å². The Morgan fingerprint density at radius 3 is 1.29 bits per heavy atom. The molecule has 1 saturated heterocycles. The van der Waals surface area contributed by atoms with Gasteiger partial charge in [0.15, 0.2) is 0 Å². The maximum absolute atomic E-state index is 3.84. The van der Waals surface area contributed by atoms with E-state index in [0.29, 0.717) is 24.2 Å². The van der Waals surface area contributed by atoms with Crippen molar-refractivity contribution in [1.29, 1.82) is 0 Å². The molecule has 0 aromatic carbocycles. The van der Waals surface area contributed by atoms with E-state index in [0.717, 1.165) is 39.3 Å². The van der Waals surface area contributed by atoms with Gasteiger partial charge in [0.05, 0.1) is 0 Å². The second kappa shape index (κ2) is 10.7. The predicted molar refractivity (Wildman–Crippen MR) is 102 cm³/mol. The molecule has 5 nitrogen and oxygen atoms in total. The first-order valence-corrected chi connectivity index (χ1v) is 10.6. The maximum atomic E-state index is 3.84. The van der Waals surface area contributed by atoms with Gasteiger partial charge in [-0.15, -0.1) is 0 Å². The minimum absolute atomic E-state index is 0.661. The molecule has 1 aliphatic heterocycles. The van der Waals surface area contributed by atoms with E-state index in [1.807, 2.05) is 0 Å². The van der Waals surface area contributed by atoms with Crippen LogP contribution in [0.3, 0.4) is 0 Å². The average Bonchev–Trinajstić information content (AvgIpc) is 2.62. The van der Waals surface area contributed by atoms with Crippen LogP contribution < -0.4 is 26.6 Å². The van der Waals surface area contributed by atoms with Gasteiger partial charge in [-0.3, -0.25) is 0 Å². The normalized spacial score (nSPS) is 38.0. The van der Waals surface area contributed by atoms with E-state index in [1.54, 1.807) is 0 Å². The molecule has 5 N–H and O–H groups in total. The monoisotopic (exact) mass is 337 g/mol. The average molecular weight is 338 g/mol. The second-order valence-corrected chi connectivity index (χ2v) is 7.91. The first kappa shape index (κ1) is 18.6. The molecule has 2 aliphatic carbocycles. The summed E-state index contributed by atoms with van der Waals surface area (Å²) in [5.74, 6) is 0. The van der Waals surface area contributed by atoms with Gasteiger partial charge < -0.3 is 26.6 Å². The molecule has 5 heteroatoms. The van der Waals surface area contributed by atoms with E-state index in [4.69, 9.17) is 0 Å². The van der Waals surface area contributed by atoms with Crippen LogP contribution in [0.15, 0.2) is 0 Å². The molecule has 0 aromatic heterocycles. The summed E-state index contributed by atoms with van der Waals surface area (Å²) in [6, 6.07) is 2.67. The Balaban J connectivity index is 1.50. The zero-order chi connectivity index (χ0) is 16.5. The Kier molecular flexibility index (Phi) is 8.30. The molecular formula is C19H39N5. The van der Waals surface area contributed by atoms with E-state index < -0.39 is 0 Å². The summed E-state index contributed by atoms with van der Waals surface area (Å²) in [6.45, 7) is 6.67. The largest absolute Gasteiger partial charge is 0.315 e. The van der Waals surface area contributed by atoms with Crippen LogP contribution in [0.4, 0.5) is 0 Å². The first-order chi connectivity index (χ1) is 11.9. The van der Waals surface area contributed by atoms with E-state index in [1.165, 1.54) is 57.8 Å². The summed E-state index contributed by atoms with van der Waals surface area (Å²) in [4.78, 5) is 0. The van der Waals surface area contributed by atoms with Crippen molar-refractivity contribution in [2.45, 2.75) is 82.0 Å². The number of rotatable bonds is 0. The van der Waals surface area contributed by atoms with Crippen molar-refractivity contribution in [3.8, 4) is 0 Å². The minimum atomic E-state index is 0.661. The topological polar surface area (TPSA) is 60.1 Å². The van der Waals surface area contributed by atoms with Gasteiger partial charge in [-0.1, -0.05) is 25.7 Å². The summed E-state index contributed by atoms with van der Waals surface area (Å²) in [6.07, 6.45) is 12.1. The summed E-state index contributed by atoms with van der Waals surface area (Å²) in [5.41, 5.74) is 0. The van der Waals surface area contributed by atoms with Crippen molar-refractivity contribution < 1.29 is 0 Å². The molecule has 3 aliphatic rings. The van der Waals surface area contributed by atoms with Crippen LogP contribution in [0.25, 0.3) is 0 Å².